The van der Waals surface area contributed by atoms with Crippen LogP contribution in [0.25, 0.3) is 0 Å². The molecule has 1 aromatic heterocycles. The van der Waals surface area contributed by atoms with Gasteiger partial charge in [0.25, 0.3) is 0 Å². The summed E-state index contributed by atoms with van der Waals surface area (Å²) in [5, 5.41) is 2.70. The van der Waals surface area contributed by atoms with Gasteiger partial charge in [0.05, 0.1) is 24.1 Å². The Morgan fingerprint density at radius 1 is 1.29 bits per heavy atom. The van der Waals surface area contributed by atoms with Crippen molar-refractivity contribution in [2.75, 3.05) is 17.7 Å². The van der Waals surface area contributed by atoms with Crippen LogP contribution < -0.4 is 11.1 Å². The molecule has 1 aromatic carbocycles. The van der Waals surface area contributed by atoms with Crippen LogP contribution in [0.1, 0.15) is 17.3 Å². The van der Waals surface area contributed by atoms with Crippen LogP contribution in [0.5, 0.6) is 0 Å². The molecule has 0 atom stereocenters. The summed E-state index contributed by atoms with van der Waals surface area (Å²) < 4.78 is 31.1. The smallest absolute Gasteiger partial charge is 0.340 e. The maximum atomic E-state index is 13.1. The van der Waals surface area contributed by atoms with E-state index < -0.39 is 17.6 Å². The van der Waals surface area contributed by atoms with Gasteiger partial charge < -0.3 is 15.8 Å². The minimum Gasteiger partial charge on any atom is -0.462 e. The van der Waals surface area contributed by atoms with Gasteiger partial charge >= 0.3 is 5.97 Å². The molecule has 0 spiro atoms. The molecule has 2 rings (SSSR count). The zero-order valence-corrected chi connectivity index (χ0v) is 11.2. The number of carbonyl (C=O) groups is 1. The van der Waals surface area contributed by atoms with Gasteiger partial charge in [-0.25, -0.2) is 18.6 Å². The number of nitrogens with zero attached hydrogens (tertiary/aromatic N) is 1. The van der Waals surface area contributed by atoms with E-state index in [4.69, 9.17) is 10.5 Å². The van der Waals surface area contributed by atoms with Gasteiger partial charge in [0.15, 0.2) is 0 Å². The summed E-state index contributed by atoms with van der Waals surface area (Å²) in [5.41, 5.74) is 6.11. The van der Waals surface area contributed by atoms with E-state index in [0.29, 0.717) is 0 Å². The number of aromatic nitrogens is 1. The Kier molecular flexibility index (Phi) is 4.32. The first kappa shape index (κ1) is 14.7. The van der Waals surface area contributed by atoms with Crippen molar-refractivity contribution < 1.29 is 18.3 Å². The first-order chi connectivity index (χ1) is 9.99. The summed E-state index contributed by atoms with van der Waals surface area (Å²) in [6, 6.07) is 4.32. The highest BCUT2D eigenvalue weighted by Crippen LogP contribution is 2.21. The SMILES string of the molecule is CCOC(=O)c1cc(Nc2cc(F)cc(F)c2)ncc1N. The van der Waals surface area contributed by atoms with Crippen LogP contribution in [0.2, 0.25) is 0 Å². The Hall–Kier alpha value is -2.70. The van der Waals surface area contributed by atoms with Crippen molar-refractivity contribution in [3.8, 4) is 0 Å². The van der Waals surface area contributed by atoms with Gasteiger partial charge in [0.2, 0.25) is 0 Å². The van der Waals surface area contributed by atoms with Crippen molar-refractivity contribution in [3.05, 3.63) is 47.7 Å². The molecule has 110 valence electrons. The first-order valence-corrected chi connectivity index (χ1v) is 6.15. The van der Waals surface area contributed by atoms with Crippen molar-refractivity contribution in [1.82, 2.24) is 4.98 Å². The van der Waals surface area contributed by atoms with Gasteiger partial charge in [-0.2, -0.15) is 0 Å². The van der Waals surface area contributed by atoms with E-state index in [1.165, 1.54) is 12.3 Å². The van der Waals surface area contributed by atoms with E-state index in [2.05, 4.69) is 10.3 Å². The van der Waals surface area contributed by atoms with E-state index in [1.807, 2.05) is 0 Å². The van der Waals surface area contributed by atoms with Gasteiger partial charge in [-0.05, 0) is 25.1 Å². The van der Waals surface area contributed by atoms with Crippen LogP contribution >= 0.6 is 0 Å². The number of hydrogen-bond donors (Lipinski definition) is 2. The number of ether oxygens (including phenoxy) is 1. The highest BCUT2D eigenvalue weighted by atomic mass is 19.1. The number of benzene rings is 1. The Bertz CT molecular complexity index is 657. The number of anilines is 3. The van der Waals surface area contributed by atoms with Gasteiger partial charge in [-0.15, -0.1) is 0 Å². The minimum atomic E-state index is -0.724. The van der Waals surface area contributed by atoms with Gasteiger partial charge in [-0.1, -0.05) is 0 Å². The Morgan fingerprint density at radius 2 is 1.95 bits per heavy atom. The molecule has 0 fully saturated rings. The quantitative estimate of drug-likeness (QED) is 0.848. The van der Waals surface area contributed by atoms with Gasteiger partial charge in [0, 0.05) is 11.8 Å². The van der Waals surface area contributed by atoms with Gasteiger partial charge in [-0.3, -0.25) is 0 Å². The van der Waals surface area contributed by atoms with Crippen molar-refractivity contribution >= 4 is 23.2 Å². The van der Waals surface area contributed by atoms with E-state index >= 15 is 0 Å². The molecular formula is C14H13F2N3O2. The molecular weight excluding hydrogens is 280 g/mol. The topological polar surface area (TPSA) is 77.2 Å². The van der Waals surface area contributed by atoms with Crippen LogP contribution in [-0.2, 0) is 4.74 Å². The molecule has 1 heterocycles. The molecule has 0 aliphatic rings. The lowest BCUT2D eigenvalue weighted by Gasteiger charge is -2.09. The normalized spacial score (nSPS) is 10.2. The standard InChI is InChI=1S/C14H13F2N3O2/c1-2-21-14(20)11-6-13(18-7-12(11)17)19-10-4-8(15)3-9(16)5-10/h3-7H,2,17H2,1H3,(H,18,19). The largest absolute Gasteiger partial charge is 0.462 e. The number of nitrogen functional groups attached to an aromatic ring is 1. The fourth-order valence-electron chi connectivity index (χ4n) is 1.69. The maximum absolute atomic E-state index is 13.1. The Balaban J connectivity index is 2.28. The number of carbonyl (C=O) groups excluding carboxylic acids is 1. The fourth-order valence-corrected chi connectivity index (χ4v) is 1.69. The second-order valence-corrected chi connectivity index (χ2v) is 4.16. The van der Waals surface area contributed by atoms with Gasteiger partial charge in [0.1, 0.15) is 17.5 Å². The second kappa shape index (κ2) is 6.17. The summed E-state index contributed by atoms with van der Waals surface area (Å²) in [4.78, 5) is 15.6. The summed E-state index contributed by atoms with van der Waals surface area (Å²) >= 11 is 0. The van der Waals surface area contributed by atoms with Crippen molar-refractivity contribution in [1.29, 1.82) is 0 Å². The molecule has 5 nitrogen and oxygen atoms in total. The summed E-state index contributed by atoms with van der Waals surface area (Å²) in [5.74, 6) is -1.82. The Labute approximate surface area is 119 Å². The third-order valence-electron chi connectivity index (χ3n) is 2.57. The highest BCUT2D eigenvalue weighted by Gasteiger charge is 2.13. The highest BCUT2D eigenvalue weighted by molar-refractivity contribution is 5.95. The average molecular weight is 293 g/mol. The fraction of sp³-hybridized carbons (Fsp3) is 0.143. The molecule has 0 unspecified atom stereocenters. The number of nitrogens with two attached hydrogens (primary N) is 1. The van der Waals surface area contributed by atoms with E-state index in [0.717, 1.165) is 18.2 Å². The lowest BCUT2D eigenvalue weighted by Crippen LogP contribution is -2.09. The minimum absolute atomic E-state index is 0.131. The summed E-state index contributed by atoms with van der Waals surface area (Å²) in [7, 11) is 0. The second-order valence-electron chi connectivity index (χ2n) is 4.16. The molecule has 3 N–H and O–H groups in total. The predicted octanol–water partition coefficient (Wildman–Crippen LogP) is 2.86. The maximum Gasteiger partial charge on any atom is 0.340 e. The number of halogens is 2. The van der Waals surface area contributed by atoms with E-state index in [1.54, 1.807) is 6.92 Å². The number of pyridine rings is 1. The van der Waals surface area contributed by atoms with E-state index in [9.17, 15) is 13.6 Å². The molecule has 0 bridgehead atoms. The molecule has 7 heteroatoms. The van der Waals surface area contributed by atoms with Crippen LogP contribution in [0.4, 0.5) is 26.0 Å². The van der Waals surface area contributed by atoms with Crippen molar-refractivity contribution in [2.45, 2.75) is 6.92 Å². The predicted molar refractivity (Wildman–Crippen MR) is 74.2 cm³/mol. The molecule has 0 radical (unpaired) electrons. The number of hydrogen-bond acceptors (Lipinski definition) is 5. The van der Waals surface area contributed by atoms with Crippen LogP contribution in [0, 0.1) is 11.6 Å². The number of nitrogens with one attached hydrogen (secondary N) is 1. The molecule has 0 saturated heterocycles. The van der Waals surface area contributed by atoms with Crippen LogP contribution in [-0.4, -0.2) is 17.6 Å². The van der Waals surface area contributed by atoms with Crippen molar-refractivity contribution in [3.63, 3.8) is 0 Å². The average Bonchev–Trinajstić information content (AvgIpc) is 2.40. The summed E-state index contributed by atoms with van der Waals surface area (Å²) in [6.07, 6.45) is 1.27. The monoisotopic (exact) mass is 293 g/mol. The Morgan fingerprint density at radius 3 is 2.57 bits per heavy atom. The van der Waals surface area contributed by atoms with Crippen LogP contribution in [0.3, 0.4) is 0 Å². The first-order valence-electron chi connectivity index (χ1n) is 6.15. The van der Waals surface area contributed by atoms with Crippen LogP contribution in [0.15, 0.2) is 30.5 Å². The number of rotatable bonds is 4. The zero-order valence-electron chi connectivity index (χ0n) is 11.2. The lowest BCUT2D eigenvalue weighted by atomic mass is 10.2. The third kappa shape index (κ3) is 3.65. The molecule has 0 amide bonds. The summed E-state index contributed by atoms with van der Waals surface area (Å²) in [6.45, 7) is 1.88. The van der Waals surface area contributed by atoms with E-state index in [-0.39, 0.29) is 29.4 Å². The molecule has 21 heavy (non-hydrogen) atoms. The molecule has 2 aromatic rings. The number of esters is 1. The molecule has 0 aliphatic carbocycles. The zero-order chi connectivity index (χ0) is 15.4. The molecule has 0 aliphatic heterocycles. The third-order valence-corrected chi connectivity index (χ3v) is 2.57. The lowest BCUT2D eigenvalue weighted by molar-refractivity contribution is 0.0527. The molecule has 0 saturated carbocycles. The van der Waals surface area contributed by atoms with Crippen molar-refractivity contribution in [2.24, 2.45) is 0 Å².